The standard InChI is InChI=1S/C11H10N6O6/c1-5(18)14-7-3-6-8(12-4-13-11(6)19)10(16(20)21)9(7)15(2)17(22)23/h3-4H,1-2H3,(H,14,18)(H,12,13,19). The average Bonchev–Trinajstić information content (AvgIpc) is 2.45. The van der Waals surface area contributed by atoms with Crippen LogP contribution in [0.4, 0.5) is 17.1 Å². The number of carbonyl (C=O) groups is 1. The number of fused-ring (bicyclic) bond motifs is 1. The molecule has 0 saturated carbocycles. The molecule has 0 unspecified atom stereocenters. The highest BCUT2D eigenvalue weighted by molar-refractivity contribution is 6.04. The molecular weight excluding hydrogens is 312 g/mol. The SMILES string of the molecule is CC(=O)Nc1cc2c(=O)[nH]cnc2c([N+](=O)[O-])c1N(C)[N+](=O)[O-]. The Labute approximate surface area is 127 Å². The fourth-order valence-corrected chi connectivity index (χ4v) is 2.05. The summed E-state index contributed by atoms with van der Waals surface area (Å²) in [7, 11) is 0.979. The number of aromatic nitrogens is 2. The summed E-state index contributed by atoms with van der Waals surface area (Å²) in [6, 6.07) is 1.10. The van der Waals surface area contributed by atoms with Gasteiger partial charge in [-0.1, -0.05) is 5.01 Å². The van der Waals surface area contributed by atoms with Crippen LogP contribution < -0.4 is 15.9 Å². The van der Waals surface area contributed by atoms with Crippen molar-refractivity contribution >= 4 is 33.9 Å². The molecule has 1 aromatic carbocycles. The number of rotatable bonds is 4. The molecule has 12 heteroatoms. The lowest BCUT2D eigenvalue weighted by Crippen LogP contribution is -2.27. The molecular formula is C11H10N6O6. The number of H-pyrrole nitrogens is 1. The van der Waals surface area contributed by atoms with E-state index in [4.69, 9.17) is 0 Å². The second-order valence-corrected chi connectivity index (χ2v) is 4.45. The summed E-state index contributed by atoms with van der Waals surface area (Å²) in [6.07, 6.45) is 0.950. The number of carbonyl (C=O) groups excluding carboxylic acids is 1. The summed E-state index contributed by atoms with van der Waals surface area (Å²) in [5.41, 5.74) is -2.48. The molecule has 120 valence electrons. The van der Waals surface area contributed by atoms with Gasteiger partial charge >= 0.3 is 5.69 Å². The van der Waals surface area contributed by atoms with Gasteiger partial charge in [0.1, 0.15) is 0 Å². The quantitative estimate of drug-likeness (QED) is 0.603. The number of hydrogen-bond acceptors (Lipinski definition) is 7. The summed E-state index contributed by atoms with van der Waals surface area (Å²) >= 11 is 0. The molecule has 1 aromatic heterocycles. The highest BCUT2D eigenvalue weighted by Gasteiger charge is 2.32. The number of anilines is 2. The highest BCUT2D eigenvalue weighted by Crippen LogP contribution is 2.40. The van der Waals surface area contributed by atoms with Crippen LogP contribution in [0.5, 0.6) is 0 Å². The zero-order chi connectivity index (χ0) is 17.3. The first kappa shape index (κ1) is 15.8. The van der Waals surface area contributed by atoms with Crippen LogP contribution in [0.2, 0.25) is 0 Å². The van der Waals surface area contributed by atoms with Crippen molar-refractivity contribution in [1.29, 1.82) is 0 Å². The van der Waals surface area contributed by atoms with Crippen molar-refractivity contribution in [2.75, 3.05) is 17.4 Å². The van der Waals surface area contributed by atoms with Gasteiger partial charge in [-0.3, -0.25) is 19.7 Å². The number of nitrogens with one attached hydrogen (secondary N) is 2. The maximum Gasteiger partial charge on any atom is 0.327 e. The molecule has 0 aliphatic heterocycles. The van der Waals surface area contributed by atoms with Crippen LogP contribution in [0.25, 0.3) is 10.9 Å². The Morgan fingerprint density at radius 3 is 2.57 bits per heavy atom. The third kappa shape index (κ3) is 2.76. The molecule has 1 amide bonds. The van der Waals surface area contributed by atoms with Gasteiger partial charge in [0.05, 0.1) is 29.4 Å². The van der Waals surface area contributed by atoms with Gasteiger partial charge in [-0.2, -0.15) is 0 Å². The fourth-order valence-electron chi connectivity index (χ4n) is 2.05. The summed E-state index contributed by atoms with van der Waals surface area (Å²) in [6.45, 7) is 1.12. The first-order valence-electron chi connectivity index (χ1n) is 6.08. The Balaban J connectivity index is 3.00. The molecule has 0 fully saturated rings. The van der Waals surface area contributed by atoms with Gasteiger partial charge in [-0.25, -0.2) is 15.1 Å². The van der Waals surface area contributed by atoms with Gasteiger partial charge in [-0.15, -0.1) is 0 Å². The summed E-state index contributed by atoms with van der Waals surface area (Å²) in [5, 5.41) is 24.0. The predicted octanol–water partition coefficient (Wildman–Crippen LogP) is 0.418. The molecule has 0 spiro atoms. The van der Waals surface area contributed by atoms with Gasteiger partial charge in [0, 0.05) is 6.92 Å². The summed E-state index contributed by atoms with van der Waals surface area (Å²) in [4.78, 5) is 50.6. The number of nitro groups is 2. The Kier molecular flexibility index (Phi) is 3.90. The van der Waals surface area contributed by atoms with Crippen LogP contribution >= 0.6 is 0 Å². The fraction of sp³-hybridized carbons (Fsp3) is 0.182. The molecule has 2 aromatic rings. The highest BCUT2D eigenvalue weighted by atomic mass is 16.7. The zero-order valence-corrected chi connectivity index (χ0v) is 11.9. The van der Waals surface area contributed by atoms with E-state index in [9.17, 15) is 29.8 Å². The zero-order valence-electron chi connectivity index (χ0n) is 11.9. The van der Waals surface area contributed by atoms with Crippen LogP contribution in [-0.4, -0.2) is 32.9 Å². The minimum Gasteiger partial charge on any atom is -0.324 e. The van der Waals surface area contributed by atoms with Crippen molar-refractivity contribution < 1.29 is 14.8 Å². The molecule has 23 heavy (non-hydrogen) atoms. The molecule has 2 rings (SSSR count). The van der Waals surface area contributed by atoms with Crippen LogP contribution in [0.3, 0.4) is 0 Å². The monoisotopic (exact) mass is 322 g/mol. The number of nitro benzene ring substituents is 1. The second-order valence-electron chi connectivity index (χ2n) is 4.45. The maximum atomic E-state index is 11.8. The summed E-state index contributed by atoms with van der Waals surface area (Å²) < 4.78 is 0. The first-order chi connectivity index (χ1) is 10.7. The van der Waals surface area contributed by atoms with Gasteiger partial charge < -0.3 is 10.3 Å². The second kappa shape index (κ2) is 5.67. The van der Waals surface area contributed by atoms with Gasteiger partial charge in [-0.05, 0) is 6.07 Å². The van der Waals surface area contributed by atoms with E-state index in [1.807, 2.05) is 0 Å². The number of amides is 1. The molecule has 0 aliphatic carbocycles. The van der Waals surface area contributed by atoms with Crippen molar-refractivity contribution in [1.82, 2.24) is 9.97 Å². The van der Waals surface area contributed by atoms with Crippen molar-refractivity contribution in [2.45, 2.75) is 6.92 Å². The van der Waals surface area contributed by atoms with E-state index >= 15 is 0 Å². The van der Waals surface area contributed by atoms with Gasteiger partial charge in [0.25, 0.3) is 5.56 Å². The van der Waals surface area contributed by atoms with E-state index in [0.717, 1.165) is 26.4 Å². The lowest BCUT2D eigenvalue weighted by molar-refractivity contribution is -0.491. The van der Waals surface area contributed by atoms with E-state index < -0.39 is 32.8 Å². The number of hydrogen-bond donors (Lipinski definition) is 2. The third-order valence-electron chi connectivity index (χ3n) is 2.94. The van der Waals surface area contributed by atoms with Crippen molar-refractivity contribution in [2.24, 2.45) is 0 Å². The smallest absolute Gasteiger partial charge is 0.324 e. The molecule has 0 saturated heterocycles. The Morgan fingerprint density at radius 2 is 2.04 bits per heavy atom. The lowest BCUT2D eigenvalue weighted by atomic mass is 10.1. The largest absolute Gasteiger partial charge is 0.327 e. The number of benzene rings is 1. The maximum absolute atomic E-state index is 11.8. The number of hydrazine groups is 1. The van der Waals surface area contributed by atoms with E-state index in [1.54, 1.807) is 0 Å². The van der Waals surface area contributed by atoms with Crippen LogP contribution in [-0.2, 0) is 4.79 Å². The normalized spacial score (nSPS) is 10.3. The average molecular weight is 322 g/mol. The van der Waals surface area contributed by atoms with Crippen LogP contribution in [0.1, 0.15) is 6.92 Å². The molecule has 0 atom stereocenters. The minimum atomic E-state index is -0.896. The van der Waals surface area contributed by atoms with Crippen LogP contribution in [0.15, 0.2) is 17.2 Å². The number of aromatic amines is 1. The number of nitrogens with zero attached hydrogens (tertiary/aromatic N) is 4. The molecule has 0 radical (unpaired) electrons. The minimum absolute atomic E-state index is 0.177. The van der Waals surface area contributed by atoms with E-state index in [0.29, 0.717) is 5.01 Å². The van der Waals surface area contributed by atoms with E-state index in [-0.39, 0.29) is 16.6 Å². The molecule has 0 bridgehead atoms. The Bertz CT molecular complexity index is 890. The molecule has 12 nitrogen and oxygen atoms in total. The lowest BCUT2D eigenvalue weighted by Gasteiger charge is -2.15. The Hall–Kier alpha value is -3.57. The van der Waals surface area contributed by atoms with Crippen LogP contribution in [0, 0.1) is 20.2 Å². The van der Waals surface area contributed by atoms with Crippen molar-refractivity contribution in [3.8, 4) is 0 Å². The summed E-state index contributed by atoms with van der Waals surface area (Å²) in [5.74, 6) is -0.614. The molecule has 1 heterocycles. The molecule has 2 N–H and O–H groups in total. The van der Waals surface area contributed by atoms with E-state index in [2.05, 4.69) is 15.3 Å². The first-order valence-corrected chi connectivity index (χ1v) is 6.08. The van der Waals surface area contributed by atoms with Gasteiger partial charge in [0.2, 0.25) is 11.6 Å². The van der Waals surface area contributed by atoms with E-state index in [1.165, 1.54) is 0 Å². The Morgan fingerprint density at radius 1 is 1.39 bits per heavy atom. The predicted molar refractivity (Wildman–Crippen MR) is 78.7 cm³/mol. The van der Waals surface area contributed by atoms with Crippen molar-refractivity contribution in [3.05, 3.63) is 43.0 Å². The van der Waals surface area contributed by atoms with Crippen molar-refractivity contribution in [3.63, 3.8) is 0 Å². The van der Waals surface area contributed by atoms with Gasteiger partial charge in [0.15, 0.2) is 10.5 Å². The molecule has 0 aliphatic rings. The third-order valence-corrected chi connectivity index (χ3v) is 2.94. The topological polar surface area (TPSA) is 164 Å².